The highest BCUT2D eigenvalue weighted by atomic mass is 16.6. The molecule has 1 heterocycles. The van der Waals surface area contributed by atoms with Crippen LogP contribution in [0.4, 0.5) is 5.69 Å². The minimum absolute atomic E-state index is 0.138. The van der Waals surface area contributed by atoms with Crippen molar-refractivity contribution in [2.75, 3.05) is 0 Å². The molecule has 0 spiro atoms. The average Bonchev–Trinajstić information content (AvgIpc) is 2.82. The van der Waals surface area contributed by atoms with Gasteiger partial charge in [-0.25, -0.2) is 0 Å². The smallest absolute Gasteiger partial charge is 0.258 e. The van der Waals surface area contributed by atoms with Crippen molar-refractivity contribution in [2.45, 2.75) is 25.8 Å². The van der Waals surface area contributed by atoms with Gasteiger partial charge in [-0.1, -0.05) is 19.1 Å². The van der Waals surface area contributed by atoms with Gasteiger partial charge in [0.25, 0.3) is 5.69 Å². The van der Waals surface area contributed by atoms with Crippen LogP contribution in [0.3, 0.4) is 0 Å². The molecule has 1 unspecified atom stereocenters. The molecule has 1 aromatic rings. The number of nitrogens with zero attached hydrogens (tertiary/aromatic N) is 3. The lowest BCUT2D eigenvalue weighted by Gasteiger charge is -2.12. The third kappa shape index (κ3) is 3.23. The molecule has 1 aliphatic heterocycles. The molecule has 0 fully saturated rings. The van der Waals surface area contributed by atoms with Crippen LogP contribution in [-0.2, 0) is 6.42 Å². The van der Waals surface area contributed by atoms with Crippen LogP contribution >= 0.6 is 0 Å². The lowest BCUT2D eigenvalue weighted by atomic mass is 9.94. The van der Waals surface area contributed by atoms with E-state index in [0.717, 1.165) is 18.4 Å². The van der Waals surface area contributed by atoms with Crippen molar-refractivity contribution in [3.05, 3.63) is 52.2 Å². The Morgan fingerprint density at radius 1 is 1.39 bits per heavy atom. The number of hydrogen-bond acceptors (Lipinski definition) is 4. The fraction of sp³-hybridized carbons (Fsp3) is 0.385. The molecule has 0 N–H and O–H groups in total. The Labute approximate surface area is 105 Å². The first-order valence-corrected chi connectivity index (χ1v) is 5.95. The summed E-state index contributed by atoms with van der Waals surface area (Å²) in [5, 5.41) is 18.4. The second kappa shape index (κ2) is 5.53. The first-order chi connectivity index (χ1) is 8.65. The Balaban J connectivity index is 1.90. The minimum Gasteiger partial charge on any atom is -0.258 e. The van der Waals surface area contributed by atoms with Gasteiger partial charge < -0.3 is 0 Å². The molecule has 0 bridgehead atoms. The number of hydrogen-bond donors (Lipinski definition) is 0. The van der Waals surface area contributed by atoms with Crippen LogP contribution in [0.1, 0.15) is 18.9 Å². The van der Waals surface area contributed by atoms with Gasteiger partial charge in [0.05, 0.1) is 11.0 Å². The fourth-order valence-electron chi connectivity index (χ4n) is 2.08. The predicted octanol–water partition coefficient (Wildman–Crippen LogP) is 3.51. The molecule has 0 radical (unpaired) electrons. The zero-order chi connectivity index (χ0) is 13.0. The van der Waals surface area contributed by atoms with Crippen LogP contribution in [0.5, 0.6) is 0 Å². The molecule has 2 atom stereocenters. The van der Waals surface area contributed by atoms with E-state index in [0.29, 0.717) is 5.92 Å². The molecule has 0 aliphatic carbocycles. The molecular weight excluding hydrogens is 230 g/mol. The van der Waals surface area contributed by atoms with Gasteiger partial charge in [-0.3, -0.25) is 10.1 Å². The lowest BCUT2D eigenvalue weighted by molar-refractivity contribution is -0.384. The van der Waals surface area contributed by atoms with Crippen LogP contribution in [0, 0.1) is 16.0 Å². The van der Waals surface area contributed by atoms with Crippen LogP contribution in [-0.4, -0.2) is 11.0 Å². The molecule has 0 aromatic heterocycles. The van der Waals surface area contributed by atoms with Gasteiger partial charge in [-0.15, -0.1) is 0 Å². The summed E-state index contributed by atoms with van der Waals surface area (Å²) in [5.41, 5.74) is 1.26. The summed E-state index contributed by atoms with van der Waals surface area (Å²) in [5.74, 6) is 0.471. The van der Waals surface area contributed by atoms with Crippen LogP contribution < -0.4 is 0 Å². The molecule has 18 heavy (non-hydrogen) atoms. The SMILES string of the molecule is C[C@@H](Cc1ccc([N+](=O)[O-])cc1)CC1C=CN=N1. The van der Waals surface area contributed by atoms with E-state index in [-0.39, 0.29) is 16.7 Å². The third-order valence-corrected chi connectivity index (χ3v) is 2.97. The molecule has 0 saturated heterocycles. The van der Waals surface area contributed by atoms with Gasteiger partial charge in [0.1, 0.15) is 0 Å². The highest BCUT2D eigenvalue weighted by Gasteiger charge is 2.13. The van der Waals surface area contributed by atoms with Crippen molar-refractivity contribution < 1.29 is 4.92 Å². The Morgan fingerprint density at radius 3 is 2.67 bits per heavy atom. The van der Waals surface area contributed by atoms with Crippen molar-refractivity contribution in [3.63, 3.8) is 0 Å². The van der Waals surface area contributed by atoms with Gasteiger partial charge in [0.15, 0.2) is 0 Å². The average molecular weight is 245 g/mol. The Morgan fingerprint density at radius 2 is 2.11 bits per heavy atom. The summed E-state index contributed by atoms with van der Waals surface area (Å²) in [4.78, 5) is 10.2. The van der Waals surface area contributed by atoms with Gasteiger partial charge >= 0.3 is 0 Å². The molecule has 0 amide bonds. The number of non-ortho nitro benzene ring substituents is 1. The summed E-state index contributed by atoms with van der Waals surface area (Å²) < 4.78 is 0. The molecule has 0 saturated carbocycles. The van der Waals surface area contributed by atoms with Crippen molar-refractivity contribution in [1.29, 1.82) is 0 Å². The third-order valence-electron chi connectivity index (χ3n) is 2.97. The maximum atomic E-state index is 10.5. The molecule has 5 heteroatoms. The molecule has 1 aliphatic rings. The minimum atomic E-state index is -0.378. The summed E-state index contributed by atoms with van der Waals surface area (Å²) in [6.45, 7) is 2.16. The summed E-state index contributed by atoms with van der Waals surface area (Å²) in [7, 11) is 0. The molecular formula is C13H15N3O2. The van der Waals surface area contributed by atoms with E-state index in [1.807, 2.05) is 18.2 Å². The van der Waals surface area contributed by atoms with E-state index in [4.69, 9.17) is 0 Å². The Kier molecular flexibility index (Phi) is 3.82. The van der Waals surface area contributed by atoms with E-state index in [1.165, 1.54) is 0 Å². The normalized spacial score (nSPS) is 19.1. The maximum absolute atomic E-state index is 10.5. The topological polar surface area (TPSA) is 67.9 Å². The zero-order valence-electron chi connectivity index (χ0n) is 10.2. The number of nitro benzene ring substituents is 1. The van der Waals surface area contributed by atoms with E-state index >= 15 is 0 Å². The molecule has 1 aromatic carbocycles. The molecule has 5 nitrogen and oxygen atoms in total. The fourth-order valence-corrected chi connectivity index (χ4v) is 2.08. The largest absolute Gasteiger partial charge is 0.269 e. The van der Waals surface area contributed by atoms with E-state index in [9.17, 15) is 10.1 Å². The van der Waals surface area contributed by atoms with Gasteiger partial charge in [-0.05, 0) is 30.4 Å². The summed E-state index contributed by atoms with van der Waals surface area (Å²) in [6, 6.07) is 6.94. The molecule has 94 valence electrons. The second-order valence-corrected chi connectivity index (χ2v) is 4.61. The van der Waals surface area contributed by atoms with Crippen molar-refractivity contribution in [3.8, 4) is 0 Å². The Bertz CT molecular complexity index is 468. The van der Waals surface area contributed by atoms with Gasteiger partial charge in [-0.2, -0.15) is 10.2 Å². The maximum Gasteiger partial charge on any atom is 0.269 e. The highest BCUT2D eigenvalue weighted by Crippen LogP contribution is 2.20. The quantitative estimate of drug-likeness (QED) is 0.588. The van der Waals surface area contributed by atoms with Crippen LogP contribution in [0.15, 0.2) is 46.8 Å². The van der Waals surface area contributed by atoms with Gasteiger partial charge in [0.2, 0.25) is 0 Å². The Hall–Kier alpha value is -2.04. The van der Waals surface area contributed by atoms with Crippen LogP contribution in [0.25, 0.3) is 0 Å². The first-order valence-electron chi connectivity index (χ1n) is 5.95. The van der Waals surface area contributed by atoms with Crippen molar-refractivity contribution >= 4 is 5.69 Å². The highest BCUT2D eigenvalue weighted by molar-refractivity contribution is 5.33. The first kappa shape index (κ1) is 12.4. The zero-order valence-corrected chi connectivity index (χ0v) is 10.2. The van der Waals surface area contributed by atoms with E-state index in [2.05, 4.69) is 17.2 Å². The number of benzene rings is 1. The van der Waals surface area contributed by atoms with Crippen LogP contribution in [0.2, 0.25) is 0 Å². The van der Waals surface area contributed by atoms with E-state index < -0.39 is 0 Å². The summed E-state index contributed by atoms with van der Waals surface area (Å²) in [6.07, 6.45) is 5.57. The van der Waals surface area contributed by atoms with Gasteiger partial charge in [0, 0.05) is 18.3 Å². The monoisotopic (exact) mass is 245 g/mol. The number of azo groups is 1. The number of rotatable bonds is 5. The van der Waals surface area contributed by atoms with Crippen molar-refractivity contribution in [2.24, 2.45) is 16.1 Å². The van der Waals surface area contributed by atoms with E-state index in [1.54, 1.807) is 18.3 Å². The standard InChI is InChI=1S/C13H15N3O2/c1-10(9-12-6-7-14-15-12)8-11-2-4-13(5-3-11)16(17)18/h2-7,10,12H,8-9H2,1H3/t10-,12?/m0/s1. The lowest BCUT2D eigenvalue weighted by Crippen LogP contribution is -2.08. The summed E-state index contributed by atoms with van der Waals surface area (Å²) >= 11 is 0. The van der Waals surface area contributed by atoms with Crippen molar-refractivity contribution in [1.82, 2.24) is 0 Å². The number of nitro groups is 1. The predicted molar refractivity (Wildman–Crippen MR) is 68.4 cm³/mol. The second-order valence-electron chi connectivity index (χ2n) is 4.61. The molecule has 2 rings (SSSR count).